The van der Waals surface area contributed by atoms with Gasteiger partial charge in [-0.15, -0.1) is 0 Å². The predicted octanol–water partition coefficient (Wildman–Crippen LogP) is 4.05. The maximum Gasteiger partial charge on any atom is 0.255 e. The van der Waals surface area contributed by atoms with Gasteiger partial charge in [0.15, 0.2) is 0 Å². The maximum absolute atomic E-state index is 11.9. The molecule has 0 spiro atoms. The molecule has 2 N–H and O–H groups in total. The third-order valence-electron chi connectivity index (χ3n) is 5.40. The number of primary amides is 1. The normalized spacial score (nSPS) is 13.9. The van der Waals surface area contributed by atoms with Crippen LogP contribution in [0.3, 0.4) is 0 Å². The van der Waals surface area contributed by atoms with Crippen molar-refractivity contribution in [3.05, 3.63) is 84.8 Å². The molecule has 0 unspecified atom stereocenters. The molecule has 0 saturated carbocycles. The first-order chi connectivity index (χ1) is 16.0. The van der Waals surface area contributed by atoms with Crippen LogP contribution in [0, 0.1) is 0 Å². The van der Waals surface area contributed by atoms with Crippen molar-refractivity contribution in [1.29, 1.82) is 0 Å². The van der Waals surface area contributed by atoms with E-state index < -0.39 is 5.91 Å². The maximum atomic E-state index is 11.9. The van der Waals surface area contributed by atoms with E-state index in [1.165, 1.54) is 12.3 Å². The molecule has 168 valence electrons. The molecule has 2 heterocycles. The minimum atomic E-state index is -0.674. The number of rotatable bonds is 7. The second kappa shape index (κ2) is 9.95. The van der Waals surface area contributed by atoms with Crippen LogP contribution in [-0.2, 0) is 4.79 Å². The van der Waals surface area contributed by atoms with Gasteiger partial charge in [-0.25, -0.2) is 4.98 Å². The van der Waals surface area contributed by atoms with Crippen molar-refractivity contribution in [3.8, 4) is 23.1 Å². The monoisotopic (exact) mass is 444 g/mol. The van der Waals surface area contributed by atoms with E-state index in [-0.39, 0.29) is 23.3 Å². The number of carbonyl (C=O) groups is 2. The third kappa shape index (κ3) is 5.35. The van der Waals surface area contributed by atoms with Gasteiger partial charge in [0.25, 0.3) is 5.91 Å². The Morgan fingerprint density at radius 1 is 0.970 bits per heavy atom. The minimum absolute atomic E-state index is 0.0461. The van der Waals surface area contributed by atoms with Gasteiger partial charge in [0.1, 0.15) is 28.6 Å². The molecule has 1 aliphatic heterocycles. The first kappa shape index (κ1) is 22.0. The lowest BCUT2D eigenvalue weighted by Gasteiger charge is -2.30. The number of nitrogens with two attached hydrogens (primary N) is 1. The zero-order valence-corrected chi connectivity index (χ0v) is 18.0. The fourth-order valence-corrected chi connectivity index (χ4v) is 3.62. The van der Waals surface area contributed by atoms with Crippen LogP contribution in [0.25, 0.3) is 0 Å². The van der Waals surface area contributed by atoms with E-state index in [0.717, 1.165) is 5.75 Å². The van der Waals surface area contributed by atoms with Crippen molar-refractivity contribution < 1.29 is 19.1 Å². The van der Waals surface area contributed by atoms with E-state index in [9.17, 15) is 9.59 Å². The largest absolute Gasteiger partial charge is 0.457 e. The topological polar surface area (TPSA) is 108 Å². The van der Waals surface area contributed by atoms with Crippen LogP contribution in [-0.4, -0.2) is 39.8 Å². The molecule has 8 nitrogen and oxygen atoms in total. The van der Waals surface area contributed by atoms with Crippen LogP contribution in [0.15, 0.2) is 73.4 Å². The van der Waals surface area contributed by atoms with Gasteiger partial charge in [-0.05, 0) is 55.3 Å². The van der Waals surface area contributed by atoms with Crippen LogP contribution in [0.2, 0.25) is 0 Å². The molecule has 4 rings (SSSR count). The van der Waals surface area contributed by atoms with Gasteiger partial charge in [-0.1, -0.05) is 24.8 Å². The molecule has 2 amide bonds. The zero-order chi connectivity index (χ0) is 23.2. The van der Waals surface area contributed by atoms with Crippen LogP contribution in [0.4, 0.5) is 0 Å². The van der Waals surface area contributed by atoms with Gasteiger partial charge >= 0.3 is 0 Å². The number of hydrogen-bond acceptors (Lipinski definition) is 6. The molecule has 1 saturated heterocycles. The summed E-state index contributed by atoms with van der Waals surface area (Å²) in [4.78, 5) is 34.3. The Bertz CT molecular complexity index is 1140. The number of amides is 2. The molecule has 2 aromatic carbocycles. The molecule has 0 atom stereocenters. The Kier molecular flexibility index (Phi) is 6.64. The number of likely N-dealkylation sites (tertiary alicyclic amines) is 1. The molecule has 1 fully saturated rings. The van der Waals surface area contributed by atoms with E-state index in [1.807, 2.05) is 30.3 Å². The third-order valence-corrected chi connectivity index (χ3v) is 5.40. The molecule has 0 aliphatic carbocycles. The highest BCUT2D eigenvalue weighted by Gasteiger charge is 2.26. The number of para-hydroxylation sites is 1. The van der Waals surface area contributed by atoms with E-state index in [1.54, 1.807) is 29.2 Å². The number of aromatic nitrogens is 2. The average Bonchev–Trinajstić information content (AvgIpc) is 2.85. The molecule has 1 aromatic heterocycles. The van der Waals surface area contributed by atoms with Gasteiger partial charge < -0.3 is 20.1 Å². The summed E-state index contributed by atoms with van der Waals surface area (Å²) in [6, 6.07) is 16.4. The van der Waals surface area contributed by atoms with Crippen molar-refractivity contribution in [2.24, 2.45) is 5.73 Å². The lowest BCUT2D eigenvalue weighted by atomic mass is 9.96. The quantitative estimate of drug-likeness (QED) is 0.551. The number of nitrogens with zero attached hydrogens (tertiary/aromatic N) is 3. The summed E-state index contributed by atoms with van der Waals surface area (Å²) in [5, 5.41) is 0. The minimum Gasteiger partial charge on any atom is -0.457 e. The molecule has 8 heteroatoms. The Hall–Kier alpha value is -4.20. The standard InChI is InChI=1S/C25H24N4O4/c1-2-22(30)29-14-12-17(13-15-29)24-27-16-21(23(26)31)25(28-24)33-20-10-8-19(9-11-20)32-18-6-4-3-5-7-18/h2-11,16-17H,1,12-15H2,(H2,26,31). The van der Waals surface area contributed by atoms with E-state index >= 15 is 0 Å². The molecule has 33 heavy (non-hydrogen) atoms. The van der Waals surface area contributed by atoms with Crippen molar-refractivity contribution in [1.82, 2.24) is 14.9 Å². The summed E-state index contributed by atoms with van der Waals surface area (Å²) >= 11 is 0. The van der Waals surface area contributed by atoms with Gasteiger partial charge in [0.05, 0.1) is 0 Å². The first-order valence-corrected chi connectivity index (χ1v) is 10.6. The summed E-state index contributed by atoms with van der Waals surface area (Å²) in [6.45, 7) is 4.72. The summed E-state index contributed by atoms with van der Waals surface area (Å²) in [5.74, 6) is 1.81. The van der Waals surface area contributed by atoms with Crippen LogP contribution in [0.1, 0.15) is 34.9 Å². The Morgan fingerprint density at radius 2 is 1.58 bits per heavy atom. The average molecular weight is 444 g/mol. The van der Waals surface area contributed by atoms with Gasteiger partial charge in [-0.2, -0.15) is 4.98 Å². The Labute approximate surface area is 191 Å². The van der Waals surface area contributed by atoms with Crippen LogP contribution in [0.5, 0.6) is 23.1 Å². The first-order valence-electron chi connectivity index (χ1n) is 10.6. The number of hydrogen-bond donors (Lipinski definition) is 1. The highest BCUT2D eigenvalue weighted by Crippen LogP contribution is 2.31. The van der Waals surface area contributed by atoms with Crippen molar-refractivity contribution in [2.45, 2.75) is 18.8 Å². The molecule has 1 aliphatic rings. The second-order valence-corrected chi connectivity index (χ2v) is 7.60. The fraction of sp³-hybridized carbons (Fsp3) is 0.200. The van der Waals surface area contributed by atoms with Crippen molar-refractivity contribution in [2.75, 3.05) is 13.1 Å². The highest BCUT2D eigenvalue weighted by molar-refractivity contribution is 5.94. The summed E-state index contributed by atoms with van der Waals surface area (Å²) in [6.07, 6.45) is 4.13. The molecular weight excluding hydrogens is 420 g/mol. The Balaban J connectivity index is 1.49. The van der Waals surface area contributed by atoms with Crippen LogP contribution < -0.4 is 15.2 Å². The second-order valence-electron chi connectivity index (χ2n) is 7.60. The summed E-state index contributed by atoms with van der Waals surface area (Å²) < 4.78 is 11.7. The van der Waals surface area contributed by atoms with Gasteiger partial charge in [-0.3, -0.25) is 9.59 Å². The molecule has 0 radical (unpaired) electrons. The number of piperidine rings is 1. The van der Waals surface area contributed by atoms with Crippen molar-refractivity contribution >= 4 is 11.8 Å². The fourth-order valence-electron chi connectivity index (χ4n) is 3.62. The van der Waals surface area contributed by atoms with Crippen LogP contribution >= 0.6 is 0 Å². The van der Waals surface area contributed by atoms with E-state index in [2.05, 4.69) is 16.5 Å². The predicted molar refractivity (Wildman–Crippen MR) is 122 cm³/mol. The van der Waals surface area contributed by atoms with E-state index in [0.29, 0.717) is 43.3 Å². The SMILES string of the molecule is C=CC(=O)N1CCC(c2ncc(C(N)=O)c(Oc3ccc(Oc4ccccc4)cc3)n2)CC1. The summed E-state index contributed by atoms with van der Waals surface area (Å²) in [5.41, 5.74) is 5.60. The Morgan fingerprint density at radius 3 is 2.18 bits per heavy atom. The summed E-state index contributed by atoms with van der Waals surface area (Å²) in [7, 11) is 0. The number of ether oxygens (including phenoxy) is 2. The zero-order valence-electron chi connectivity index (χ0n) is 18.0. The van der Waals surface area contributed by atoms with Gasteiger partial charge in [0.2, 0.25) is 11.8 Å². The number of benzene rings is 2. The number of carbonyl (C=O) groups excluding carboxylic acids is 2. The molecule has 3 aromatic rings. The molecule has 0 bridgehead atoms. The lowest BCUT2D eigenvalue weighted by molar-refractivity contribution is -0.127. The van der Waals surface area contributed by atoms with Crippen molar-refractivity contribution in [3.63, 3.8) is 0 Å². The molecular formula is C25H24N4O4. The van der Waals surface area contributed by atoms with E-state index in [4.69, 9.17) is 15.2 Å². The smallest absolute Gasteiger partial charge is 0.255 e. The highest BCUT2D eigenvalue weighted by atomic mass is 16.5. The lowest BCUT2D eigenvalue weighted by Crippen LogP contribution is -2.37. The van der Waals surface area contributed by atoms with Gasteiger partial charge in [0, 0.05) is 25.2 Å².